The van der Waals surface area contributed by atoms with Gasteiger partial charge in [0.25, 0.3) is 0 Å². The molecule has 0 spiro atoms. The summed E-state index contributed by atoms with van der Waals surface area (Å²) in [5.41, 5.74) is 0. The number of nitrogens with one attached hydrogen (secondary N) is 2. The molecule has 1 amide bonds. The molecule has 2 aliphatic rings. The van der Waals surface area contributed by atoms with Crippen molar-refractivity contribution in [3.05, 3.63) is 0 Å². The van der Waals surface area contributed by atoms with E-state index in [9.17, 15) is 4.79 Å². The lowest BCUT2D eigenvalue weighted by Crippen LogP contribution is -2.57. The third kappa shape index (κ3) is 4.67. The summed E-state index contributed by atoms with van der Waals surface area (Å²) in [6.45, 7) is 10.8. The molecule has 22 heavy (non-hydrogen) atoms. The second-order valence-electron chi connectivity index (χ2n) is 6.75. The number of nitrogens with zero attached hydrogens (tertiary/aromatic N) is 1. The lowest BCUT2D eigenvalue weighted by molar-refractivity contribution is -0.131. The van der Waals surface area contributed by atoms with Crippen LogP contribution in [0, 0.1) is 5.92 Å². The van der Waals surface area contributed by atoms with Gasteiger partial charge in [-0.3, -0.25) is 9.69 Å². The van der Waals surface area contributed by atoms with Crippen LogP contribution >= 0.6 is 0 Å². The maximum Gasteiger partial charge on any atom is 0.237 e. The van der Waals surface area contributed by atoms with Crippen molar-refractivity contribution in [2.24, 2.45) is 5.92 Å². The van der Waals surface area contributed by atoms with E-state index in [1.807, 2.05) is 0 Å². The van der Waals surface area contributed by atoms with Gasteiger partial charge in [-0.2, -0.15) is 0 Å². The second kappa shape index (κ2) is 8.85. The van der Waals surface area contributed by atoms with E-state index in [0.29, 0.717) is 18.0 Å². The first-order chi connectivity index (χ1) is 10.7. The summed E-state index contributed by atoms with van der Waals surface area (Å²) in [6, 6.07) is 0.819. The van der Waals surface area contributed by atoms with Crippen molar-refractivity contribution in [2.45, 2.75) is 64.6 Å². The van der Waals surface area contributed by atoms with Crippen LogP contribution in [0.1, 0.15) is 46.5 Å². The van der Waals surface area contributed by atoms with Crippen molar-refractivity contribution in [3.63, 3.8) is 0 Å². The molecule has 2 N–H and O–H groups in total. The van der Waals surface area contributed by atoms with E-state index in [2.05, 4.69) is 36.3 Å². The molecule has 0 bridgehead atoms. The first-order valence-electron chi connectivity index (χ1n) is 9.01. The van der Waals surface area contributed by atoms with Crippen molar-refractivity contribution >= 4 is 5.91 Å². The lowest BCUT2D eigenvalue weighted by atomic mass is 9.91. The minimum absolute atomic E-state index is 0.00379. The molecule has 2 fully saturated rings. The standard InChI is InChI=1S/C17H33N3O2/c1-4-14(5-2)16(20-8-10-22-11-9-20)17(21)19-15-6-7-18-13(3)12-15/h13-16,18H,4-12H2,1-3H3,(H,19,21). The fourth-order valence-electron chi connectivity index (χ4n) is 3.82. The van der Waals surface area contributed by atoms with Crippen LogP contribution in [-0.2, 0) is 9.53 Å². The number of morpholine rings is 1. The van der Waals surface area contributed by atoms with E-state index in [1.165, 1.54) is 0 Å². The number of piperidine rings is 1. The summed E-state index contributed by atoms with van der Waals surface area (Å²) in [5, 5.41) is 6.78. The third-order valence-corrected chi connectivity index (χ3v) is 5.17. The molecule has 3 atom stereocenters. The van der Waals surface area contributed by atoms with Crippen LogP contribution in [0.5, 0.6) is 0 Å². The van der Waals surface area contributed by atoms with Gasteiger partial charge in [-0.05, 0) is 32.2 Å². The van der Waals surface area contributed by atoms with Crippen molar-refractivity contribution in [1.82, 2.24) is 15.5 Å². The molecule has 0 aromatic heterocycles. The van der Waals surface area contributed by atoms with E-state index in [-0.39, 0.29) is 11.9 Å². The minimum Gasteiger partial charge on any atom is -0.379 e. The molecule has 0 saturated carbocycles. The fraction of sp³-hybridized carbons (Fsp3) is 0.941. The van der Waals surface area contributed by atoms with Gasteiger partial charge in [0.15, 0.2) is 0 Å². The predicted octanol–water partition coefficient (Wildman–Crippen LogP) is 1.38. The average Bonchev–Trinajstić information content (AvgIpc) is 2.53. The molecule has 2 heterocycles. The number of amides is 1. The number of carbonyl (C=O) groups is 1. The zero-order valence-electron chi connectivity index (χ0n) is 14.4. The van der Waals surface area contributed by atoms with Gasteiger partial charge >= 0.3 is 0 Å². The van der Waals surface area contributed by atoms with Crippen LogP contribution in [0.2, 0.25) is 0 Å². The van der Waals surface area contributed by atoms with Gasteiger partial charge in [0, 0.05) is 25.2 Å². The van der Waals surface area contributed by atoms with Gasteiger partial charge in [0.1, 0.15) is 0 Å². The Morgan fingerprint density at radius 2 is 2.00 bits per heavy atom. The SMILES string of the molecule is CCC(CC)C(C(=O)NC1CCNC(C)C1)N1CCOCC1. The Labute approximate surface area is 135 Å². The maximum absolute atomic E-state index is 13.0. The van der Waals surface area contributed by atoms with Crippen LogP contribution in [0.3, 0.4) is 0 Å². The summed E-state index contributed by atoms with van der Waals surface area (Å²) >= 11 is 0. The zero-order valence-corrected chi connectivity index (χ0v) is 14.4. The smallest absolute Gasteiger partial charge is 0.237 e. The number of ether oxygens (including phenoxy) is 1. The zero-order chi connectivity index (χ0) is 15.9. The highest BCUT2D eigenvalue weighted by Gasteiger charge is 2.34. The van der Waals surface area contributed by atoms with Gasteiger partial charge in [-0.25, -0.2) is 0 Å². The van der Waals surface area contributed by atoms with Gasteiger partial charge in [0.2, 0.25) is 5.91 Å². The molecule has 0 aromatic rings. The lowest BCUT2D eigenvalue weighted by Gasteiger charge is -2.39. The number of carbonyl (C=O) groups excluding carboxylic acids is 1. The highest BCUT2D eigenvalue weighted by Crippen LogP contribution is 2.21. The van der Waals surface area contributed by atoms with E-state index >= 15 is 0 Å². The number of hydrogen-bond donors (Lipinski definition) is 2. The van der Waals surface area contributed by atoms with E-state index in [0.717, 1.165) is 58.5 Å². The van der Waals surface area contributed by atoms with Crippen LogP contribution in [-0.4, -0.2) is 61.8 Å². The molecule has 2 aliphatic heterocycles. The summed E-state index contributed by atoms with van der Waals surface area (Å²) < 4.78 is 5.46. The Balaban J connectivity index is 2.00. The highest BCUT2D eigenvalue weighted by atomic mass is 16.5. The molecule has 3 unspecified atom stereocenters. The monoisotopic (exact) mass is 311 g/mol. The molecule has 2 rings (SSSR count). The minimum atomic E-state index is 0.00379. The highest BCUT2D eigenvalue weighted by molar-refractivity contribution is 5.82. The van der Waals surface area contributed by atoms with Gasteiger partial charge in [0.05, 0.1) is 19.3 Å². The van der Waals surface area contributed by atoms with E-state index in [1.54, 1.807) is 0 Å². The number of hydrogen-bond acceptors (Lipinski definition) is 4. The third-order valence-electron chi connectivity index (χ3n) is 5.17. The van der Waals surface area contributed by atoms with Crippen LogP contribution in [0.15, 0.2) is 0 Å². The van der Waals surface area contributed by atoms with E-state index < -0.39 is 0 Å². The molecular formula is C17H33N3O2. The molecular weight excluding hydrogens is 278 g/mol. The van der Waals surface area contributed by atoms with Gasteiger partial charge in [-0.1, -0.05) is 26.7 Å². The fourth-order valence-corrected chi connectivity index (χ4v) is 3.82. The molecule has 128 valence electrons. The molecule has 5 nitrogen and oxygen atoms in total. The van der Waals surface area contributed by atoms with Gasteiger partial charge < -0.3 is 15.4 Å². The average molecular weight is 311 g/mol. The molecule has 0 aliphatic carbocycles. The molecule has 2 saturated heterocycles. The van der Waals surface area contributed by atoms with Crippen molar-refractivity contribution < 1.29 is 9.53 Å². The Morgan fingerprint density at radius 3 is 2.59 bits per heavy atom. The summed E-state index contributed by atoms with van der Waals surface area (Å²) in [6.07, 6.45) is 4.17. The number of rotatable bonds is 6. The van der Waals surface area contributed by atoms with Crippen molar-refractivity contribution in [2.75, 3.05) is 32.8 Å². The van der Waals surface area contributed by atoms with Crippen LogP contribution < -0.4 is 10.6 Å². The van der Waals surface area contributed by atoms with Gasteiger partial charge in [-0.15, -0.1) is 0 Å². The first-order valence-corrected chi connectivity index (χ1v) is 9.01. The first kappa shape index (κ1) is 17.7. The van der Waals surface area contributed by atoms with E-state index in [4.69, 9.17) is 4.74 Å². The summed E-state index contributed by atoms with van der Waals surface area (Å²) in [4.78, 5) is 15.3. The topological polar surface area (TPSA) is 53.6 Å². The Kier molecular flexibility index (Phi) is 7.12. The second-order valence-corrected chi connectivity index (χ2v) is 6.75. The Morgan fingerprint density at radius 1 is 1.32 bits per heavy atom. The maximum atomic E-state index is 13.0. The Bertz CT molecular complexity index is 341. The predicted molar refractivity (Wildman–Crippen MR) is 88.9 cm³/mol. The molecule has 0 radical (unpaired) electrons. The normalized spacial score (nSPS) is 28.5. The summed E-state index contributed by atoms with van der Waals surface area (Å²) in [7, 11) is 0. The summed E-state index contributed by atoms with van der Waals surface area (Å²) in [5.74, 6) is 0.659. The largest absolute Gasteiger partial charge is 0.379 e. The van der Waals surface area contributed by atoms with Crippen molar-refractivity contribution in [3.8, 4) is 0 Å². The van der Waals surface area contributed by atoms with Crippen LogP contribution in [0.4, 0.5) is 0 Å². The molecule has 0 aromatic carbocycles. The van der Waals surface area contributed by atoms with Crippen molar-refractivity contribution in [1.29, 1.82) is 0 Å². The van der Waals surface area contributed by atoms with Crippen LogP contribution in [0.25, 0.3) is 0 Å². The quantitative estimate of drug-likeness (QED) is 0.778. The molecule has 5 heteroatoms. The Hall–Kier alpha value is -0.650.